The van der Waals surface area contributed by atoms with E-state index in [4.69, 9.17) is 24.1 Å². The fourth-order valence-electron chi connectivity index (χ4n) is 2.09. The second-order valence-corrected chi connectivity index (χ2v) is 5.66. The lowest BCUT2D eigenvalue weighted by Crippen LogP contribution is -2.09. The summed E-state index contributed by atoms with van der Waals surface area (Å²) in [4.78, 5) is 15.0. The van der Waals surface area contributed by atoms with Crippen LogP contribution in [0.15, 0.2) is 34.9 Å². The van der Waals surface area contributed by atoms with Crippen molar-refractivity contribution in [2.75, 3.05) is 20.0 Å². The van der Waals surface area contributed by atoms with E-state index in [1.807, 2.05) is 0 Å². The third-order valence-corrected chi connectivity index (χ3v) is 3.63. The van der Waals surface area contributed by atoms with Crippen molar-refractivity contribution in [2.45, 2.75) is 6.42 Å². The van der Waals surface area contributed by atoms with E-state index in [0.29, 0.717) is 41.5 Å². The Hall–Kier alpha value is -2.48. The van der Waals surface area contributed by atoms with Gasteiger partial charge in [0.15, 0.2) is 22.9 Å². The molecule has 24 heavy (non-hydrogen) atoms. The fraction of sp³-hybridized carbons (Fsp3) is 0.250. The quantitative estimate of drug-likeness (QED) is 0.569. The van der Waals surface area contributed by atoms with Crippen molar-refractivity contribution in [3.63, 3.8) is 0 Å². The molecule has 0 saturated carbocycles. The number of rotatable bonds is 7. The highest BCUT2D eigenvalue weighted by atomic mass is 79.9. The monoisotopic (exact) mass is 395 g/mol. The molecular formula is C16H14BrNO6. The van der Waals surface area contributed by atoms with Gasteiger partial charge in [0.1, 0.15) is 10.4 Å². The Kier molecular flexibility index (Phi) is 5.05. The van der Waals surface area contributed by atoms with Crippen molar-refractivity contribution >= 4 is 21.9 Å². The molecule has 0 aliphatic carbocycles. The molecule has 2 aromatic rings. The van der Waals surface area contributed by atoms with Crippen molar-refractivity contribution in [1.29, 1.82) is 0 Å². The van der Waals surface area contributed by atoms with E-state index in [1.54, 1.807) is 30.3 Å². The second-order valence-electron chi connectivity index (χ2n) is 4.85. The minimum atomic E-state index is -1.14. The van der Waals surface area contributed by atoms with E-state index in [1.165, 1.54) is 0 Å². The van der Waals surface area contributed by atoms with Crippen LogP contribution in [0.25, 0.3) is 0 Å². The summed E-state index contributed by atoms with van der Waals surface area (Å²) in [6.07, 6.45) is 0.587. The molecule has 7 nitrogen and oxygen atoms in total. The van der Waals surface area contributed by atoms with Crippen molar-refractivity contribution in [3.8, 4) is 23.0 Å². The normalized spacial score (nSPS) is 12.0. The van der Waals surface area contributed by atoms with Gasteiger partial charge in [0.25, 0.3) is 0 Å². The molecule has 2 heterocycles. The molecule has 0 spiro atoms. The van der Waals surface area contributed by atoms with Gasteiger partial charge in [-0.25, -0.2) is 9.78 Å². The molecule has 0 radical (unpaired) electrons. The Morgan fingerprint density at radius 3 is 2.79 bits per heavy atom. The number of benzene rings is 1. The summed E-state index contributed by atoms with van der Waals surface area (Å²) in [5.74, 6) is 1.14. The van der Waals surface area contributed by atoms with E-state index in [-0.39, 0.29) is 18.2 Å². The molecule has 1 aromatic carbocycles. The standard InChI is InChI=1S/C16H14BrNO6/c17-14-5-4-12(15(18-14)16(19)20)22-7-1-6-21-10-2-3-11-13(8-10)24-9-23-11/h2-5,8H,1,6-7,9H2,(H,19,20). The van der Waals surface area contributed by atoms with Gasteiger partial charge < -0.3 is 24.1 Å². The lowest BCUT2D eigenvalue weighted by Gasteiger charge is -2.10. The van der Waals surface area contributed by atoms with Crippen LogP contribution in [0.5, 0.6) is 23.0 Å². The van der Waals surface area contributed by atoms with Gasteiger partial charge in [-0.15, -0.1) is 0 Å². The van der Waals surface area contributed by atoms with Crippen LogP contribution in [0.3, 0.4) is 0 Å². The Morgan fingerprint density at radius 1 is 1.17 bits per heavy atom. The summed E-state index contributed by atoms with van der Waals surface area (Å²) in [7, 11) is 0. The number of hydrogen-bond acceptors (Lipinski definition) is 6. The summed E-state index contributed by atoms with van der Waals surface area (Å²) in [6, 6.07) is 8.56. The topological polar surface area (TPSA) is 87.1 Å². The van der Waals surface area contributed by atoms with E-state index >= 15 is 0 Å². The molecular weight excluding hydrogens is 382 g/mol. The maximum absolute atomic E-state index is 11.1. The highest BCUT2D eigenvalue weighted by Crippen LogP contribution is 2.35. The van der Waals surface area contributed by atoms with Gasteiger partial charge in [0.2, 0.25) is 6.79 Å². The van der Waals surface area contributed by atoms with Gasteiger partial charge in [-0.3, -0.25) is 0 Å². The molecule has 1 aliphatic heterocycles. The molecule has 8 heteroatoms. The molecule has 0 fully saturated rings. The van der Waals surface area contributed by atoms with Crippen molar-refractivity contribution in [2.24, 2.45) is 0 Å². The van der Waals surface area contributed by atoms with Crippen LogP contribution in [0.4, 0.5) is 0 Å². The highest BCUT2D eigenvalue weighted by molar-refractivity contribution is 9.10. The Bertz CT molecular complexity index is 751. The smallest absolute Gasteiger partial charge is 0.358 e. The Balaban J connectivity index is 1.47. The van der Waals surface area contributed by atoms with Gasteiger partial charge >= 0.3 is 5.97 Å². The van der Waals surface area contributed by atoms with E-state index in [0.717, 1.165) is 0 Å². The van der Waals surface area contributed by atoms with Crippen LogP contribution in [-0.4, -0.2) is 36.1 Å². The van der Waals surface area contributed by atoms with Gasteiger partial charge in [-0.1, -0.05) is 0 Å². The van der Waals surface area contributed by atoms with E-state index in [9.17, 15) is 4.79 Å². The number of ether oxygens (including phenoxy) is 4. The van der Waals surface area contributed by atoms with Crippen LogP contribution in [0.1, 0.15) is 16.9 Å². The summed E-state index contributed by atoms with van der Waals surface area (Å²) >= 11 is 3.14. The van der Waals surface area contributed by atoms with Crippen molar-refractivity contribution in [3.05, 3.63) is 40.6 Å². The summed E-state index contributed by atoms with van der Waals surface area (Å²) in [5, 5.41) is 9.11. The average Bonchev–Trinajstić information content (AvgIpc) is 3.03. The Labute approximate surface area is 146 Å². The van der Waals surface area contributed by atoms with Crippen molar-refractivity contribution in [1.82, 2.24) is 4.98 Å². The molecule has 0 saturated heterocycles. The maximum Gasteiger partial charge on any atom is 0.358 e. The molecule has 1 aromatic heterocycles. The van der Waals surface area contributed by atoms with Crippen LogP contribution in [0.2, 0.25) is 0 Å². The minimum absolute atomic E-state index is 0.124. The van der Waals surface area contributed by atoms with E-state index in [2.05, 4.69) is 20.9 Å². The SMILES string of the molecule is O=C(O)c1nc(Br)ccc1OCCCOc1ccc2c(c1)OCO2. The second kappa shape index (κ2) is 7.39. The fourth-order valence-corrected chi connectivity index (χ4v) is 2.40. The van der Waals surface area contributed by atoms with Crippen LogP contribution in [-0.2, 0) is 0 Å². The first-order valence-electron chi connectivity index (χ1n) is 7.18. The summed E-state index contributed by atoms with van der Waals surface area (Å²) in [5.41, 5.74) is -0.124. The van der Waals surface area contributed by atoms with Crippen molar-refractivity contribution < 1.29 is 28.8 Å². The number of fused-ring (bicyclic) bond motifs is 1. The number of carboxylic acids is 1. The average molecular weight is 396 g/mol. The highest BCUT2D eigenvalue weighted by Gasteiger charge is 2.15. The first kappa shape index (κ1) is 16.4. The first-order valence-corrected chi connectivity index (χ1v) is 7.98. The number of carboxylic acid groups (broad SMARTS) is 1. The van der Waals surface area contributed by atoms with E-state index < -0.39 is 5.97 Å². The lowest BCUT2D eigenvalue weighted by molar-refractivity contribution is 0.0685. The molecule has 0 unspecified atom stereocenters. The first-order chi connectivity index (χ1) is 11.6. The molecule has 126 valence electrons. The van der Waals surface area contributed by atoms with Gasteiger partial charge in [-0.2, -0.15) is 0 Å². The number of halogens is 1. The number of nitrogens with zero attached hydrogens (tertiary/aromatic N) is 1. The lowest BCUT2D eigenvalue weighted by atomic mass is 10.3. The number of hydrogen-bond donors (Lipinski definition) is 1. The third-order valence-electron chi connectivity index (χ3n) is 3.19. The molecule has 3 rings (SSSR count). The minimum Gasteiger partial charge on any atom is -0.493 e. The molecule has 1 N–H and O–H groups in total. The summed E-state index contributed by atoms with van der Waals surface area (Å²) < 4.78 is 22.0. The zero-order valence-corrected chi connectivity index (χ0v) is 14.1. The number of aromatic nitrogens is 1. The van der Waals surface area contributed by atoms with Crippen LogP contribution >= 0.6 is 15.9 Å². The molecule has 0 atom stereocenters. The predicted octanol–water partition coefficient (Wildman–Crippen LogP) is 3.12. The largest absolute Gasteiger partial charge is 0.493 e. The molecule has 0 bridgehead atoms. The predicted molar refractivity (Wildman–Crippen MR) is 87.1 cm³/mol. The van der Waals surface area contributed by atoms with Crippen LogP contribution in [0, 0.1) is 0 Å². The number of carbonyl (C=O) groups is 1. The van der Waals surface area contributed by atoms with Gasteiger partial charge in [0, 0.05) is 12.5 Å². The number of aromatic carboxylic acids is 1. The van der Waals surface area contributed by atoms with Gasteiger partial charge in [-0.05, 0) is 40.2 Å². The van der Waals surface area contributed by atoms with Crippen LogP contribution < -0.4 is 18.9 Å². The zero-order chi connectivity index (χ0) is 16.9. The third kappa shape index (κ3) is 3.88. The Morgan fingerprint density at radius 2 is 1.96 bits per heavy atom. The zero-order valence-electron chi connectivity index (χ0n) is 12.5. The maximum atomic E-state index is 11.1. The summed E-state index contributed by atoms with van der Waals surface area (Å²) in [6.45, 7) is 0.958. The molecule has 0 amide bonds. The molecule has 1 aliphatic rings. The van der Waals surface area contributed by atoms with Gasteiger partial charge in [0.05, 0.1) is 13.2 Å². The number of pyridine rings is 1.